The van der Waals surface area contributed by atoms with Gasteiger partial charge >= 0.3 is 0 Å². The van der Waals surface area contributed by atoms with E-state index in [1.807, 2.05) is 19.1 Å². The Hall–Kier alpha value is -1.68. The molecule has 1 saturated carbocycles. The van der Waals surface area contributed by atoms with Crippen LogP contribution in [0.1, 0.15) is 35.7 Å². The fraction of sp³-hybridized carbons (Fsp3) is 0.278. The molecule has 1 unspecified atom stereocenters. The zero-order valence-electron chi connectivity index (χ0n) is 12.3. The number of halogens is 2. The van der Waals surface area contributed by atoms with E-state index in [1.165, 1.54) is 17.7 Å². The van der Waals surface area contributed by atoms with E-state index in [4.69, 9.17) is 0 Å². The molecule has 1 fully saturated rings. The molecule has 0 saturated heterocycles. The molecule has 3 rings (SSSR count). The topological polar surface area (TPSA) is 29.1 Å². The number of nitrogens with one attached hydrogen (secondary N) is 1. The molecule has 4 heteroatoms. The fourth-order valence-corrected chi connectivity index (χ4v) is 3.20. The molecule has 1 atom stereocenters. The van der Waals surface area contributed by atoms with Crippen LogP contribution in [0, 0.1) is 5.82 Å². The van der Waals surface area contributed by atoms with E-state index in [9.17, 15) is 9.18 Å². The van der Waals surface area contributed by atoms with Crippen molar-refractivity contribution in [2.75, 3.05) is 0 Å². The van der Waals surface area contributed by atoms with Crippen molar-refractivity contribution in [3.8, 4) is 0 Å². The normalized spacial score (nSPS) is 16.9. The Morgan fingerprint density at radius 2 is 1.91 bits per heavy atom. The van der Waals surface area contributed by atoms with Gasteiger partial charge in [0.25, 0.3) is 5.91 Å². The minimum absolute atomic E-state index is 0.00366. The molecule has 1 aliphatic rings. The molecule has 2 aromatic rings. The van der Waals surface area contributed by atoms with Crippen molar-refractivity contribution < 1.29 is 9.18 Å². The molecule has 1 N–H and O–H groups in total. The maximum absolute atomic E-state index is 13.2. The van der Waals surface area contributed by atoms with Gasteiger partial charge in [-0.15, -0.1) is 0 Å². The van der Waals surface area contributed by atoms with Crippen LogP contribution in [0.2, 0.25) is 0 Å². The van der Waals surface area contributed by atoms with Crippen LogP contribution in [0.3, 0.4) is 0 Å². The monoisotopic (exact) mass is 361 g/mol. The highest BCUT2D eigenvalue weighted by atomic mass is 79.9. The molecule has 0 radical (unpaired) electrons. The maximum atomic E-state index is 13.2. The summed E-state index contributed by atoms with van der Waals surface area (Å²) in [4.78, 5) is 12.3. The molecule has 0 spiro atoms. The first-order valence-electron chi connectivity index (χ1n) is 7.34. The van der Waals surface area contributed by atoms with E-state index in [0.29, 0.717) is 5.56 Å². The summed E-state index contributed by atoms with van der Waals surface area (Å²) < 4.78 is 14.3. The van der Waals surface area contributed by atoms with E-state index in [1.54, 1.807) is 12.1 Å². The van der Waals surface area contributed by atoms with E-state index < -0.39 is 5.82 Å². The average Bonchev–Trinajstić information content (AvgIpc) is 3.29. The van der Waals surface area contributed by atoms with Gasteiger partial charge in [0.15, 0.2) is 0 Å². The molecule has 0 aromatic heterocycles. The lowest BCUT2D eigenvalue weighted by Crippen LogP contribution is -2.41. The molecular weight excluding hydrogens is 345 g/mol. The molecule has 114 valence electrons. The molecule has 2 nitrogen and oxygen atoms in total. The molecule has 2 aromatic carbocycles. The highest BCUT2D eigenvalue weighted by Crippen LogP contribution is 2.51. The van der Waals surface area contributed by atoms with Crippen molar-refractivity contribution in [3.63, 3.8) is 0 Å². The van der Waals surface area contributed by atoms with Gasteiger partial charge < -0.3 is 5.32 Å². The lowest BCUT2D eigenvalue weighted by atomic mass is 9.89. The summed E-state index contributed by atoms with van der Waals surface area (Å²) in [6.07, 6.45) is 2.11. The summed E-state index contributed by atoms with van der Waals surface area (Å²) in [5.74, 6) is -0.621. The van der Waals surface area contributed by atoms with Crippen molar-refractivity contribution in [1.82, 2.24) is 5.32 Å². The number of benzene rings is 2. The average molecular weight is 362 g/mol. The van der Waals surface area contributed by atoms with Crippen LogP contribution < -0.4 is 5.32 Å². The Kier molecular flexibility index (Phi) is 4.04. The number of carbonyl (C=O) groups excluding carboxylic acids is 1. The van der Waals surface area contributed by atoms with Crippen molar-refractivity contribution in [3.05, 3.63) is 69.9 Å². The number of hydrogen-bond donors (Lipinski definition) is 1. The Morgan fingerprint density at radius 3 is 2.50 bits per heavy atom. The smallest absolute Gasteiger partial charge is 0.251 e. The van der Waals surface area contributed by atoms with Crippen LogP contribution in [-0.2, 0) is 5.41 Å². The van der Waals surface area contributed by atoms with Crippen molar-refractivity contribution in [2.24, 2.45) is 0 Å². The lowest BCUT2D eigenvalue weighted by Gasteiger charge is -2.25. The second-order valence-corrected chi connectivity index (χ2v) is 6.78. The van der Waals surface area contributed by atoms with Gasteiger partial charge in [0.1, 0.15) is 5.82 Å². The minimum Gasteiger partial charge on any atom is -0.349 e. The van der Waals surface area contributed by atoms with Crippen molar-refractivity contribution in [2.45, 2.75) is 31.2 Å². The standard InChI is InChI=1S/C18H17BrFNO/c1-12(21-17(22)13-3-2-4-16(20)11-13)18(9-10-18)14-5-7-15(19)8-6-14/h2-8,11-12H,9-10H2,1H3,(H,21,22). The molecule has 0 heterocycles. The van der Waals surface area contributed by atoms with Crippen LogP contribution >= 0.6 is 15.9 Å². The predicted molar refractivity (Wildman–Crippen MR) is 88.4 cm³/mol. The Labute approximate surface area is 137 Å². The minimum atomic E-state index is -0.394. The van der Waals surface area contributed by atoms with Crippen LogP contribution in [0.15, 0.2) is 53.0 Å². The second kappa shape index (κ2) is 5.84. The third kappa shape index (κ3) is 2.93. The Balaban J connectivity index is 1.75. The van der Waals surface area contributed by atoms with E-state index >= 15 is 0 Å². The van der Waals surface area contributed by atoms with Gasteiger partial charge in [-0.25, -0.2) is 4.39 Å². The van der Waals surface area contributed by atoms with E-state index in [-0.39, 0.29) is 17.4 Å². The van der Waals surface area contributed by atoms with E-state index in [0.717, 1.165) is 17.3 Å². The second-order valence-electron chi connectivity index (χ2n) is 5.87. The van der Waals surface area contributed by atoms with Crippen LogP contribution in [0.25, 0.3) is 0 Å². The van der Waals surface area contributed by atoms with Gasteiger partial charge in [-0.05, 0) is 55.7 Å². The van der Waals surface area contributed by atoms with Gasteiger partial charge in [-0.2, -0.15) is 0 Å². The Morgan fingerprint density at radius 1 is 1.23 bits per heavy atom. The van der Waals surface area contributed by atoms with Gasteiger partial charge in [-0.3, -0.25) is 4.79 Å². The first-order valence-corrected chi connectivity index (χ1v) is 8.13. The van der Waals surface area contributed by atoms with Crippen molar-refractivity contribution in [1.29, 1.82) is 0 Å². The highest BCUT2D eigenvalue weighted by molar-refractivity contribution is 9.10. The maximum Gasteiger partial charge on any atom is 0.251 e. The third-order valence-electron chi connectivity index (χ3n) is 4.47. The third-order valence-corrected chi connectivity index (χ3v) is 5.00. The van der Waals surface area contributed by atoms with Crippen LogP contribution in [-0.4, -0.2) is 11.9 Å². The summed E-state index contributed by atoms with van der Waals surface area (Å²) in [6, 6.07) is 14.0. The zero-order chi connectivity index (χ0) is 15.7. The predicted octanol–water partition coefficient (Wildman–Crippen LogP) is 4.44. The highest BCUT2D eigenvalue weighted by Gasteiger charge is 2.49. The van der Waals surface area contributed by atoms with Gasteiger partial charge in [-0.1, -0.05) is 34.1 Å². The first-order chi connectivity index (χ1) is 10.5. The number of rotatable bonds is 4. The van der Waals surface area contributed by atoms with Gasteiger partial charge in [0, 0.05) is 21.5 Å². The molecule has 22 heavy (non-hydrogen) atoms. The van der Waals surface area contributed by atoms with Crippen LogP contribution in [0.4, 0.5) is 4.39 Å². The van der Waals surface area contributed by atoms with Gasteiger partial charge in [0.2, 0.25) is 0 Å². The summed E-state index contributed by atoms with van der Waals surface area (Å²) in [5.41, 5.74) is 1.60. The number of carbonyl (C=O) groups is 1. The van der Waals surface area contributed by atoms with E-state index in [2.05, 4.69) is 33.4 Å². The van der Waals surface area contributed by atoms with Gasteiger partial charge in [0.05, 0.1) is 0 Å². The summed E-state index contributed by atoms with van der Waals surface area (Å²) in [7, 11) is 0. The zero-order valence-corrected chi connectivity index (χ0v) is 13.9. The largest absolute Gasteiger partial charge is 0.349 e. The molecule has 1 amide bonds. The Bertz CT molecular complexity index is 694. The molecular formula is C18H17BrFNO. The fourth-order valence-electron chi connectivity index (χ4n) is 2.94. The summed E-state index contributed by atoms with van der Waals surface area (Å²) >= 11 is 3.44. The molecule has 0 bridgehead atoms. The number of hydrogen-bond acceptors (Lipinski definition) is 1. The summed E-state index contributed by atoms with van der Waals surface area (Å²) in [5, 5.41) is 3.02. The molecule has 0 aliphatic heterocycles. The van der Waals surface area contributed by atoms with Crippen LogP contribution in [0.5, 0.6) is 0 Å². The quantitative estimate of drug-likeness (QED) is 0.856. The summed E-state index contributed by atoms with van der Waals surface area (Å²) in [6.45, 7) is 2.02. The van der Waals surface area contributed by atoms with Crippen molar-refractivity contribution >= 4 is 21.8 Å². The lowest BCUT2D eigenvalue weighted by molar-refractivity contribution is 0.0931. The SMILES string of the molecule is CC(NC(=O)c1cccc(F)c1)C1(c2ccc(Br)cc2)CC1. The first kappa shape index (κ1) is 15.2. The molecule has 1 aliphatic carbocycles. The number of amides is 1.